The molecule has 33 heavy (non-hydrogen) atoms. The van der Waals surface area contributed by atoms with Gasteiger partial charge in [-0.05, 0) is 48.1 Å². The molecule has 2 aliphatic heterocycles. The van der Waals surface area contributed by atoms with Crippen molar-refractivity contribution < 1.29 is 19.1 Å². The molecule has 3 aromatic carbocycles. The number of carbonyl (C=O) groups excluding carboxylic acids is 2. The van der Waals surface area contributed by atoms with Gasteiger partial charge in [-0.15, -0.1) is 0 Å². The molecule has 3 aliphatic rings. The third-order valence-electron chi connectivity index (χ3n) is 6.93. The highest BCUT2D eigenvalue weighted by atomic mass is 16.7. The molecule has 0 bridgehead atoms. The van der Waals surface area contributed by atoms with E-state index in [-0.39, 0.29) is 0 Å². The Balaban J connectivity index is 1.48. The van der Waals surface area contributed by atoms with E-state index in [0.29, 0.717) is 30.4 Å². The van der Waals surface area contributed by atoms with E-state index in [0.717, 1.165) is 22.3 Å². The third kappa shape index (κ3) is 3.05. The van der Waals surface area contributed by atoms with Crippen LogP contribution in [0.25, 0.3) is 12.2 Å². The second kappa shape index (κ2) is 7.31. The zero-order valence-electron chi connectivity index (χ0n) is 18.0. The van der Waals surface area contributed by atoms with Crippen molar-refractivity contribution in [2.75, 3.05) is 0 Å². The van der Waals surface area contributed by atoms with Crippen LogP contribution in [0.15, 0.2) is 96.1 Å². The van der Waals surface area contributed by atoms with Crippen molar-refractivity contribution in [3.63, 3.8) is 0 Å². The van der Waals surface area contributed by atoms with Crippen LogP contribution >= 0.6 is 0 Å². The molecule has 0 aromatic heterocycles. The van der Waals surface area contributed by atoms with Crippen LogP contribution in [0.1, 0.15) is 35.1 Å². The summed E-state index contributed by atoms with van der Waals surface area (Å²) in [5.41, 5.74) is 4.33. The first-order valence-electron chi connectivity index (χ1n) is 11.1. The Morgan fingerprint density at radius 1 is 0.606 bits per heavy atom. The third-order valence-corrected chi connectivity index (χ3v) is 6.93. The molecule has 0 atom stereocenters. The van der Waals surface area contributed by atoms with Gasteiger partial charge in [-0.2, -0.15) is 0 Å². The van der Waals surface area contributed by atoms with Gasteiger partial charge in [0.25, 0.3) is 5.79 Å². The molecular formula is C29H22O4. The molecule has 0 spiro atoms. The monoisotopic (exact) mass is 434 g/mol. The summed E-state index contributed by atoms with van der Waals surface area (Å²) in [5.74, 6) is -2.26. The number of esters is 2. The molecule has 2 fully saturated rings. The summed E-state index contributed by atoms with van der Waals surface area (Å²) in [6.45, 7) is 0. The lowest BCUT2D eigenvalue weighted by Crippen LogP contribution is -2.56. The molecule has 2 heterocycles. The van der Waals surface area contributed by atoms with E-state index >= 15 is 0 Å². The first kappa shape index (κ1) is 19.7. The van der Waals surface area contributed by atoms with Crippen LogP contribution < -0.4 is 0 Å². The molecule has 3 aromatic rings. The number of rotatable bonds is 2. The van der Waals surface area contributed by atoms with Crippen LogP contribution in [0.3, 0.4) is 0 Å². The minimum atomic E-state index is -1.39. The molecule has 0 amide bonds. The number of hydrogen-bond acceptors (Lipinski definition) is 4. The summed E-state index contributed by atoms with van der Waals surface area (Å²) in [4.78, 5) is 26.4. The first-order valence-corrected chi connectivity index (χ1v) is 11.1. The van der Waals surface area contributed by atoms with Gasteiger partial charge in [0.05, 0.1) is 5.41 Å². The Labute approximate surface area is 192 Å². The highest BCUT2D eigenvalue weighted by Crippen LogP contribution is 2.64. The van der Waals surface area contributed by atoms with E-state index in [9.17, 15) is 9.59 Å². The SMILES string of the molecule is O=C1OC23OC(=O)/C(=C/c4ccccc4)CC2(C/C1=C\c1ccccc1)Cc1ccccc13. The normalized spacial score (nSPS) is 28.0. The minimum absolute atomic E-state index is 0.436. The van der Waals surface area contributed by atoms with Gasteiger partial charge in [-0.1, -0.05) is 84.9 Å². The highest BCUT2D eigenvalue weighted by Gasteiger charge is 2.69. The topological polar surface area (TPSA) is 52.6 Å². The maximum atomic E-state index is 13.2. The van der Waals surface area contributed by atoms with Crippen LogP contribution in [0.4, 0.5) is 0 Å². The summed E-state index contributed by atoms with van der Waals surface area (Å²) < 4.78 is 12.2. The maximum absolute atomic E-state index is 13.2. The summed E-state index contributed by atoms with van der Waals surface area (Å²) in [7, 11) is 0. The summed E-state index contributed by atoms with van der Waals surface area (Å²) in [6.07, 6.45) is 5.38. The Morgan fingerprint density at radius 3 is 1.64 bits per heavy atom. The molecule has 1 aliphatic carbocycles. The summed E-state index contributed by atoms with van der Waals surface area (Å²) in [6, 6.07) is 27.3. The average molecular weight is 434 g/mol. The van der Waals surface area contributed by atoms with E-state index < -0.39 is 23.1 Å². The van der Waals surface area contributed by atoms with Gasteiger partial charge in [0.1, 0.15) is 0 Å². The molecule has 4 nitrogen and oxygen atoms in total. The van der Waals surface area contributed by atoms with E-state index in [1.165, 1.54) is 0 Å². The van der Waals surface area contributed by atoms with Crippen LogP contribution in [0, 0.1) is 5.41 Å². The number of hydrogen-bond donors (Lipinski definition) is 0. The van der Waals surface area contributed by atoms with E-state index in [1.54, 1.807) is 0 Å². The van der Waals surface area contributed by atoms with Gasteiger partial charge in [0.2, 0.25) is 0 Å². The van der Waals surface area contributed by atoms with Gasteiger partial charge < -0.3 is 9.47 Å². The fourth-order valence-electron chi connectivity index (χ4n) is 5.52. The first-order chi connectivity index (χ1) is 16.1. The molecule has 0 radical (unpaired) electrons. The molecule has 6 rings (SSSR count). The van der Waals surface area contributed by atoms with Gasteiger partial charge >= 0.3 is 11.9 Å². The van der Waals surface area contributed by atoms with Gasteiger partial charge in [-0.25, -0.2) is 9.59 Å². The predicted molar refractivity (Wildman–Crippen MR) is 125 cm³/mol. The lowest BCUT2D eigenvalue weighted by atomic mass is 9.67. The Bertz CT molecular complexity index is 1240. The lowest BCUT2D eigenvalue weighted by Gasteiger charge is -2.50. The Hall–Kier alpha value is -3.92. The van der Waals surface area contributed by atoms with Gasteiger partial charge in [0.15, 0.2) is 0 Å². The fourth-order valence-corrected chi connectivity index (χ4v) is 5.52. The second-order valence-corrected chi connectivity index (χ2v) is 9.02. The molecule has 2 saturated heterocycles. The predicted octanol–water partition coefficient (Wildman–Crippen LogP) is 5.44. The van der Waals surface area contributed by atoms with Crippen molar-refractivity contribution in [3.05, 3.63) is 118 Å². The average Bonchev–Trinajstić information content (AvgIpc) is 3.10. The van der Waals surface area contributed by atoms with Crippen molar-refractivity contribution >= 4 is 24.1 Å². The zero-order valence-corrected chi connectivity index (χ0v) is 18.0. The van der Waals surface area contributed by atoms with Crippen molar-refractivity contribution in [2.45, 2.75) is 25.0 Å². The van der Waals surface area contributed by atoms with Crippen molar-refractivity contribution in [3.8, 4) is 0 Å². The van der Waals surface area contributed by atoms with Crippen molar-refractivity contribution in [1.82, 2.24) is 0 Å². The lowest BCUT2D eigenvalue weighted by molar-refractivity contribution is -0.289. The zero-order chi connectivity index (χ0) is 22.5. The molecule has 162 valence electrons. The standard InChI is InChI=1S/C29H22O4/c30-26-23(15-20-9-3-1-4-10-20)18-28-17-22-13-7-8-14-25(22)29(28,32-26)33-27(31)24(19-28)16-21-11-5-2-6-12-21/h1-16H,17-19H2/b23-15+,24-16+. The van der Waals surface area contributed by atoms with Gasteiger partial charge in [0, 0.05) is 16.7 Å². The van der Waals surface area contributed by atoms with Gasteiger partial charge in [-0.3, -0.25) is 0 Å². The van der Waals surface area contributed by atoms with E-state index in [2.05, 4.69) is 0 Å². The maximum Gasteiger partial charge on any atom is 0.337 e. The number of carbonyl (C=O) groups is 2. The summed E-state index contributed by atoms with van der Waals surface area (Å²) in [5, 5.41) is 0. The highest BCUT2D eigenvalue weighted by molar-refractivity contribution is 5.98. The Morgan fingerprint density at radius 2 is 1.09 bits per heavy atom. The number of ether oxygens (including phenoxy) is 2. The quantitative estimate of drug-likeness (QED) is 0.398. The van der Waals surface area contributed by atoms with Crippen molar-refractivity contribution in [1.29, 1.82) is 0 Å². The number of benzene rings is 3. The largest absolute Gasteiger partial charge is 0.414 e. The second-order valence-electron chi connectivity index (χ2n) is 9.02. The number of fused-ring (bicyclic) bond motifs is 1. The minimum Gasteiger partial charge on any atom is -0.414 e. The summed E-state index contributed by atoms with van der Waals surface area (Å²) >= 11 is 0. The smallest absolute Gasteiger partial charge is 0.337 e. The fraction of sp³-hybridized carbons (Fsp3) is 0.172. The van der Waals surface area contributed by atoms with E-state index in [1.807, 2.05) is 97.1 Å². The van der Waals surface area contributed by atoms with Crippen LogP contribution in [-0.2, 0) is 31.3 Å². The molecular weight excluding hydrogens is 412 g/mol. The molecule has 4 heteroatoms. The van der Waals surface area contributed by atoms with Crippen molar-refractivity contribution in [2.24, 2.45) is 5.41 Å². The molecule has 0 N–H and O–H groups in total. The van der Waals surface area contributed by atoms with Crippen LogP contribution in [0.2, 0.25) is 0 Å². The van der Waals surface area contributed by atoms with Crippen LogP contribution in [0.5, 0.6) is 0 Å². The van der Waals surface area contributed by atoms with E-state index in [4.69, 9.17) is 9.47 Å². The van der Waals surface area contributed by atoms with Crippen LogP contribution in [-0.4, -0.2) is 11.9 Å². The Kier molecular flexibility index (Phi) is 4.37. The molecule has 0 unspecified atom stereocenters. The molecule has 0 saturated carbocycles.